The van der Waals surface area contributed by atoms with Crippen molar-refractivity contribution in [3.63, 3.8) is 0 Å². The average molecular weight is 327 g/mol. The Morgan fingerprint density at radius 2 is 1.96 bits per heavy atom. The van der Waals surface area contributed by atoms with E-state index in [9.17, 15) is 4.79 Å². The number of carbonyl (C=O) groups excluding carboxylic acids is 1. The second kappa shape index (κ2) is 7.53. The zero-order chi connectivity index (χ0) is 16.9. The van der Waals surface area contributed by atoms with Gasteiger partial charge in [0.25, 0.3) is 5.91 Å². The molecule has 0 spiro atoms. The van der Waals surface area contributed by atoms with Gasteiger partial charge in [-0.05, 0) is 44.1 Å². The first-order valence-electron chi connectivity index (χ1n) is 8.47. The Kier molecular flexibility index (Phi) is 5.20. The Hall–Kier alpha value is -2.27. The van der Waals surface area contributed by atoms with E-state index in [0.717, 1.165) is 24.4 Å². The fourth-order valence-corrected chi connectivity index (χ4v) is 3.41. The smallest absolute Gasteiger partial charge is 0.267 e. The SMILES string of the molecule is COc1ccccc1C(CNC(=O)c1cccn1C)N1CCCC1. The van der Waals surface area contributed by atoms with Crippen molar-refractivity contribution in [3.8, 4) is 5.75 Å². The van der Waals surface area contributed by atoms with Gasteiger partial charge in [0.15, 0.2) is 0 Å². The molecule has 1 aromatic heterocycles. The Morgan fingerprint density at radius 3 is 2.62 bits per heavy atom. The zero-order valence-corrected chi connectivity index (χ0v) is 14.4. The fourth-order valence-electron chi connectivity index (χ4n) is 3.41. The summed E-state index contributed by atoms with van der Waals surface area (Å²) in [5, 5.41) is 3.10. The molecule has 1 aliphatic heterocycles. The maximum atomic E-state index is 12.5. The number of rotatable bonds is 6. The number of benzene rings is 1. The molecule has 0 saturated carbocycles. The number of carbonyl (C=O) groups is 1. The number of ether oxygens (including phenoxy) is 1. The minimum Gasteiger partial charge on any atom is -0.496 e. The second-order valence-corrected chi connectivity index (χ2v) is 6.22. The van der Waals surface area contributed by atoms with Crippen LogP contribution in [0.25, 0.3) is 0 Å². The number of para-hydroxylation sites is 1. The lowest BCUT2D eigenvalue weighted by Gasteiger charge is -2.29. The summed E-state index contributed by atoms with van der Waals surface area (Å²) in [5.74, 6) is 0.837. The minimum atomic E-state index is -0.0402. The highest BCUT2D eigenvalue weighted by atomic mass is 16.5. The van der Waals surface area contributed by atoms with Crippen LogP contribution in [0.15, 0.2) is 42.6 Å². The number of hydrogen-bond donors (Lipinski definition) is 1. The van der Waals surface area contributed by atoms with Crippen LogP contribution in [-0.4, -0.2) is 42.1 Å². The van der Waals surface area contributed by atoms with E-state index in [-0.39, 0.29) is 11.9 Å². The van der Waals surface area contributed by atoms with Crippen molar-refractivity contribution in [2.24, 2.45) is 7.05 Å². The van der Waals surface area contributed by atoms with Crippen LogP contribution in [-0.2, 0) is 7.05 Å². The molecule has 1 aliphatic rings. The van der Waals surface area contributed by atoms with Crippen LogP contribution in [0.1, 0.15) is 34.9 Å². The molecular weight excluding hydrogens is 302 g/mol. The average Bonchev–Trinajstić information content (AvgIpc) is 3.27. The van der Waals surface area contributed by atoms with Gasteiger partial charge in [0.05, 0.1) is 13.2 Å². The van der Waals surface area contributed by atoms with Gasteiger partial charge in [-0.3, -0.25) is 9.69 Å². The zero-order valence-electron chi connectivity index (χ0n) is 14.4. The molecule has 5 heteroatoms. The molecular formula is C19H25N3O2. The molecule has 24 heavy (non-hydrogen) atoms. The van der Waals surface area contributed by atoms with E-state index in [2.05, 4.69) is 16.3 Å². The monoisotopic (exact) mass is 327 g/mol. The van der Waals surface area contributed by atoms with Gasteiger partial charge < -0.3 is 14.6 Å². The first-order valence-corrected chi connectivity index (χ1v) is 8.47. The number of hydrogen-bond acceptors (Lipinski definition) is 3. The molecule has 1 fully saturated rings. The summed E-state index contributed by atoms with van der Waals surface area (Å²) in [6.07, 6.45) is 4.29. The van der Waals surface area contributed by atoms with Crippen molar-refractivity contribution in [3.05, 3.63) is 53.9 Å². The van der Waals surface area contributed by atoms with Crippen molar-refractivity contribution in [2.45, 2.75) is 18.9 Å². The summed E-state index contributed by atoms with van der Waals surface area (Å²) in [6.45, 7) is 2.69. The van der Waals surface area contributed by atoms with Crippen molar-refractivity contribution in [1.82, 2.24) is 14.8 Å². The van der Waals surface area contributed by atoms with Gasteiger partial charge in [0.1, 0.15) is 11.4 Å². The van der Waals surface area contributed by atoms with Crippen LogP contribution in [0.2, 0.25) is 0 Å². The Balaban J connectivity index is 1.78. The van der Waals surface area contributed by atoms with E-state index in [1.165, 1.54) is 12.8 Å². The van der Waals surface area contributed by atoms with Gasteiger partial charge >= 0.3 is 0 Å². The van der Waals surface area contributed by atoms with Gasteiger partial charge in [0.2, 0.25) is 0 Å². The molecule has 0 radical (unpaired) electrons. The predicted octanol–water partition coefficient (Wildman–Crippen LogP) is 2.60. The number of aryl methyl sites for hydroxylation is 1. The third kappa shape index (κ3) is 3.46. The lowest BCUT2D eigenvalue weighted by atomic mass is 10.0. The molecule has 5 nitrogen and oxygen atoms in total. The third-order valence-electron chi connectivity index (χ3n) is 4.71. The summed E-state index contributed by atoms with van der Waals surface area (Å²) >= 11 is 0. The summed E-state index contributed by atoms with van der Waals surface area (Å²) in [5.41, 5.74) is 1.81. The fraction of sp³-hybridized carbons (Fsp3) is 0.421. The summed E-state index contributed by atoms with van der Waals surface area (Å²) < 4.78 is 7.38. The van der Waals surface area contributed by atoms with Crippen LogP contribution < -0.4 is 10.1 Å². The first kappa shape index (κ1) is 16.6. The quantitative estimate of drug-likeness (QED) is 0.887. The third-order valence-corrected chi connectivity index (χ3v) is 4.71. The minimum absolute atomic E-state index is 0.0402. The maximum absolute atomic E-state index is 12.5. The molecule has 128 valence electrons. The Morgan fingerprint density at radius 1 is 1.21 bits per heavy atom. The highest BCUT2D eigenvalue weighted by Crippen LogP contribution is 2.31. The summed E-state index contributed by atoms with van der Waals surface area (Å²) in [4.78, 5) is 14.9. The summed E-state index contributed by atoms with van der Waals surface area (Å²) in [7, 11) is 3.58. The van der Waals surface area contributed by atoms with Gasteiger partial charge in [-0.25, -0.2) is 0 Å². The van der Waals surface area contributed by atoms with E-state index >= 15 is 0 Å². The number of nitrogens with zero attached hydrogens (tertiary/aromatic N) is 2. The van der Waals surface area contributed by atoms with Crippen molar-refractivity contribution in [1.29, 1.82) is 0 Å². The van der Waals surface area contributed by atoms with Crippen LogP contribution in [0.3, 0.4) is 0 Å². The van der Waals surface area contributed by atoms with Crippen LogP contribution in [0.4, 0.5) is 0 Å². The number of amides is 1. The van der Waals surface area contributed by atoms with Gasteiger partial charge in [-0.15, -0.1) is 0 Å². The molecule has 2 aromatic rings. The molecule has 1 saturated heterocycles. The van der Waals surface area contributed by atoms with Crippen molar-refractivity contribution >= 4 is 5.91 Å². The largest absolute Gasteiger partial charge is 0.496 e. The number of aromatic nitrogens is 1. The van der Waals surface area contributed by atoms with E-state index < -0.39 is 0 Å². The van der Waals surface area contributed by atoms with Crippen LogP contribution >= 0.6 is 0 Å². The van der Waals surface area contributed by atoms with Gasteiger partial charge in [-0.1, -0.05) is 18.2 Å². The standard InChI is InChI=1S/C19H25N3O2/c1-21-11-7-9-16(21)19(23)20-14-17(22-12-5-6-13-22)15-8-3-4-10-18(15)24-2/h3-4,7-11,17H,5-6,12-14H2,1-2H3,(H,20,23). The number of methoxy groups -OCH3 is 1. The van der Waals surface area contributed by atoms with Gasteiger partial charge in [-0.2, -0.15) is 0 Å². The lowest BCUT2D eigenvalue weighted by molar-refractivity contribution is 0.0929. The highest BCUT2D eigenvalue weighted by molar-refractivity contribution is 5.92. The normalized spacial score (nSPS) is 16.1. The van der Waals surface area contributed by atoms with Crippen LogP contribution in [0, 0.1) is 0 Å². The molecule has 1 aromatic carbocycles. The van der Waals surface area contributed by atoms with E-state index in [4.69, 9.17) is 4.74 Å². The van der Waals surface area contributed by atoms with Crippen molar-refractivity contribution < 1.29 is 9.53 Å². The Bertz CT molecular complexity index is 689. The van der Waals surface area contributed by atoms with E-state index in [0.29, 0.717) is 12.2 Å². The van der Waals surface area contributed by atoms with Crippen molar-refractivity contribution in [2.75, 3.05) is 26.7 Å². The predicted molar refractivity (Wildman–Crippen MR) is 94.3 cm³/mol. The molecule has 3 rings (SSSR count). The lowest BCUT2D eigenvalue weighted by Crippen LogP contribution is -2.37. The topological polar surface area (TPSA) is 46.5 Å². The first-order chi connectivity index (χ1) is 11.7. The molecule has 1 N–H and O–H groups in total. The van der Waals surface area contributed by atoms with Crippen LogP contribution in [0.5, 0.6) is 5.75 Å². The number of nitrogens with one attached hydrogen (secondary N) is 1. The summed E-state index contributed by atoms with van der Waals surface area (Å²) in [6, 6.07) is 11.9. The molecule has 0 bridgehead atoms. The highest BCUT2D eigenvalue weighted by Gasteiger charge is 2.26. The molecule has 1 unspecified atom stereocenters. The Labute approximate surface area is 143 Å². The van der Waals surface area contributed by atoms with E-state index in [1.54, 1.807) is 7.11 Å². The second-order valence-electron chi connectivity index (χ2n) is 6.22. The maximum Gasteiger partial charge on any atom is 0.267 e. The molecule has 0 aliphatic carbocycles. The number of likely N-dealkylation sites (tertiary alicyclic amines) is 1. The van der Waals surface area contributed by atoms with E-state index in [1.807, 2.05) is 48.1 Å². The molecule has 1 amide bonds. The molecule has 2 heterocycles. The molecule has 1 atom stereocenters. The van der Waals surface area contributed by atoms with Gasteiger partial charge in [0, 0.05) is 25.4 Å².